The number of carbonyl (C=O) groups excluding carboxylic acids is 1. The molecule has 3 N–H and O–H groups in total. The fourth-order valence-electron chi connectivity index (χ4n) is 2.57. The highest BCUT2D eigenvalue weighted by atomic mass is 79.9. The van der Waals surface area contributed by atoms with E-state index in [0.717, 1.165) is 10.0 Å². The van der Waals surface area contributed by atoms with Gasteiger partial charge in [0.25, 0.3) is 5.91 Å². The number of hydrazone groups is 1. The maximum absolute atomic E-state index is 12.7. The molecule has 2 heterocycles. The Balaban J connectivity index is 1.68. The van der Waals surface area contributed by atoms with Crippen molar-refractivity contribution in [2.75, 3.05) is 5.73 Å². The van der Waals surface area contributed by atoms with Gasteiger partial charge in [0.1, 0.15) is 5.69 Å². The van der Waals surface area contributed by atoms with Crippen molar-refractivity contribution in [2.24, 2.45) is 5.10 Å². The molecule has 29 heavy (non-hydrogen) atoms. The van der Waals surface area contributed by atoms with E-state index >= 15 is 0 Å². The summed E-state index contributed by atoms with van der Waals surface area (Å²) in [5.41, 5.74) is 10.1. The highest BCUT2D eigenvalue weighted by Crippen LogP contribution is 2.26. The molecule has 0 fully saturated rings. The Morgan fingerprint density at radius 3 is 2.62 bits per heavy atom. The number of hydrogen-bond acceptors (Lipinski definition) is 8. The lowest BCUT2D eigenvalue weighted by Crippen LogP contribution is -2.19. The first-order valence-electron chi connectivity index (χ1n) is 8.32. The van der Waals surface area contributed by atoms with Gasteiger partial charge in [-0.3, -0.25) is 4.79 Å². The molecule has 0 atom stereocenters. The minimum Gasteiger partial charge on any atom is -0.378 e. The summed E-state index contributed by atoms with van der Waals surface area (Å²) in [6, 6.07) is 16.6. The molecule has 0 unspecified atom stereocenters. The van der Waals surface area contributed by atoms with Crippen LogP contribution >= 0.6 is 15.9 Å². The average Bonchev–Trinajstić information content (AvgIpc) is 3.36. The number of amides is 1. The maximum Gasteiger partial charge on any atom is 0.294 e. The van der Waals surface area contributed by atoms with Gasteiger partial charge in [0, 0.05) is 15.6 Å². The number of hydrogen-bond donors (Lipinski definition) is 2. The van der Waals surface area contributed by atoms with Crippen LogP contribution < -0.4 is 11.2 Å². The molecule has 144 valence electrons. The van der Waals surface area contributed by atoms with Crippen molar-refractivity contribution in [3.63, 3.8) is 0 Å². The summed E-state index contributed by atoms with van der Waals surface area (Å²) in [5, 5.41) is 19.3. The molecule has 0 aliphatic rings. The van der Waals surface area contributed by atoms with Crippen LogP contribution in [0.4, 0.5) is 5.82 Å². The molecule has 0 spiro atoms. The SMILES string of the molecule is Nc1nonc1-n1nnc(C(=O)N/N=C\c2ccccc2Br)c1-c1ccccc1. The number of anilines is 1. The number of nitrogen functional groups attached to an aromatic ring is 1. The second-order valence-electron chi connectivity index (χ2n) is 5.76. The Hall–Kier alpha value is -3.86. The van der Waals surface area contributed by atoms with Crippen molar-refractivity contribution in [1.29, 1.82) is 0 Å². The van der Waals surface area contributed by atoms with Gasteiger partial charge in [-0.2, -0.15) is 9.78 Å². The Labute approximate surface area is 172 Å². The number of nitrogens with one attached hydrogen (secondary N) is 1. The Morgan fingerprint density at radius 1 is 1.14 bits per heavy atom. The van der Waals surface area contributed by atoms with E-state index in [1.54, 1.807) is 12.1 Å². The van der Waals surface area contributed by atoms with E-state index in [1.165, 1.54) is 10.9 Å². The highest BCUT2D eigenvalue weighted by Gasteiger charge is 2.24. The molecule has 4 aromatic rings. The van der Waals surface area contributed by atoms with Crippen molar-refractivity contribution in [1.82, 2.24) is 30.7 Å². The fraction of sp³-hybridized carbons (Fsp3) is 0. The Morgan fingerprint density at radius 2 is 1.90 bits per heavy atom. The number of aromatic nitrogens is 5. The van der Waals surface area contributed by atoms with E-state index in [2.05, 4.69) is 51.7 Å². The molecule has 0 bridgehead atoms. The van der Waals surface area contributed by atoms with Crippen molar-refractivity contribution < 1.29 is 9.42 Å². The summed E-state index contributed by atoms with van der Waals surface area (Å²) >= 11 is 3.42. The van der Waals surface area contributed by atoms with Crippen molar-refractivity contribution >= 4 is 33.9 Å². The van der Waals surface area contributed by atoms with Crippen LogP contribution in [0.1, 0.15) is 16.1 Å². The first-order chi connectivity index (χ1) is 14.1. The van der Waals surface area contributed by atoms with Crippen molar-refractivity contribution in [2.45, 2.75) is 0 Å². The van der Waals surface area contributed by atoms with E-state index in [0.29, 0.717) is 11.3 Å². The summed E-state index contributed by atoms with van der Waals surface area (Å²) in [5.74, 6) is -0.397. The normalized spacial score (nSPS) is 11.1. The van der Waals surface area contributed by atoms with Crippen LogP contribution in [0.3, 0.4) is 0 Å². The van der Waals surface area contributed by atoms with E-state index in [1.807, 2.05) is 42.5 Å². The molecule has 2 aromatic carbocycles. The zero-order chi connectivity index (χ0) is 20.2. The molecule has 2 aromatic heterocycles. The lowest BCUT2D eigenvalue weighted by atomic mass is 10.1. The Kier molecular flexibility index (Phi) is 5.12. The third-order valence-corrected chi connectivity index (χ3v) is 4.63. The molecule has 4 rings (SSSR count). The third-order valence-electron chi connectivity index (χ3n) is 3.90. The highest BCUT2D eigenvalue weighted by molar-refractivity contribution is 9.10. The van der Waals surface area contributed by atoms with Crippen molar-refractivity contribution in [3.8, 4) is 17.1 Å². The van der Waals surface area contributed by atoms with Gasteiger partial charge in [-0.15, -0.1) is 5.10 Å². The van der Waals surface area contributed by atoms with Gasteiger partial charge in [-0.25, -0.2) is 10.1 Å². The van der Waals surface area contributed by atoms with Crippen LogP contribution in [0.15, 0.2) is 68.8 Å². The number of nitrogens with two attached hydrogens (primary N) is 1. The lowest BCUT2D eigenvalue weighted by molar-refractivity contribution is 0.0950. The van der Waals surface area contributed by atoms with Crippen LogP contribution in [0.5, 0.6) is 0 Å². The molecule has 0 aliphatic heterocycles. The monoisotopic (exact) mass is 452 g/mol. The van der Waals surface area contributed by atoms with Gasteiger partial charge in [0.2, 0.25) is 11.6 Å². The molecule has 10 nitrogen and oxygen atoms in total. The molecule has 11 heteroatoms. The third kappa shape index (κ3) is 3.75. The van der Waals surface area contributed by atoms with Crippen LogP contribution in [0.2, 0.25) is 0 Å². The average molecular weight is 453 g/mol. The predicted molar refractivity (Wildman–Crippen MR) is 108 cm³/mol. The van der Waals surface area contributed by atoms with Gasteiger partial charge in [-0.05, 0) is 16.4 Å². The van der Waals surface area contributed by atoms with E-state index in [-0.39, 0.29) is 17.3 Å². The molecule has 0 radical (unpaired) electrons. The number of nitrogens with zero attached hydrogens (tertiary/aromatic N) is 6. The standard InChI is InChI=1S/C18H13BrN8O2/c19-13-9-5-4-8-12(13)10-21-23-18(28)14-15(11-6-2-1-3-7-11)27(26-22-14)17-16(20)24-29-25-17/h1-10H,(H2,20,24)(H,23,28)/b21-10-. The quantitative estimate of drug-likeness (QED) is 0.350. The number of halogens is 1. The van der Waals surface area contributed by atoms with Gasteiger partial charge in [0.15, 0.2) is 5.69 Å². The molecular formula is C18H13BrN8O2. The minimum atomic E-state index is -0.548. The summed E-state index contributed by atoms with van der Waals surface area (Å²) in [4.78, 5) is 12.7. The van der Waals surface area contributed by atoms with E-state index in [9.17, 15) is 4.79 Å². The summed E-state index contributed by atoms with van der Waals surface area (Å²) in [7, 11) is 0. The first kappa shape index (κ1) is 18.5. The number of benzene rings is 2. The lowest BCUT2D eigenvalue weighted by Gasteiger charge is -2.05. The zero-order valence-corrected chi connectivity index (χ0v) is 16.3. The van der Waals surface area contributed by atoms with Crippen LogP contribution in [-0.4, -0.2) is 37.4 Å². The molecule has 1 amide bonds. The smallest absolute Gasteiger partial charge is 0.294 e. The van der Waals surface area contributed by atoms with Crippen LogP contribution in [0.25, 0.3) is 17.1 Å². The van der Waals surface area contributed by atoms with Crippen LogP contribution in [0, 0.1) is 0 Å². The molecule has 0 saturated heterocycles. The summed E-state index contributed by atoms with van der Waals surface area (Å²) in [6.45, 7) is 0. The minimum absolute atomic E-state index is 0.0194. The van der Waals surface area contributed by atoms with Crippen LogP contribution in [-0.2, 0) is 0 Å². The summed E-state index contributed by atoms with van der Waals surface area (Å²) < 4.78 is 6.79. The van der Waals surface area contributed by atoms with Crippen molar-refractivity contribution in [3.05, 3.63) is 70.3 Å². The summed E-state index contributed by atoms with van der Waals surface area (Å²) in [6.07, 6.45) is 1.52. The molecule has 0 aliphatic carbocycles. The predicted octanol–water partition coefficient (Wildman–Crippen LogP) is 2.43. The van der Waals surface area contributed by atoms with Gasteiger partial charge >= 0.3 is 0 Å². The second-order valence-corrected chi connectivity index (χ2v) is 6.61. The number of rotatable bonds is 5. The molecule has 0 saturated carbocycles. The van der Waals surface area contributed by atoms with Gasteiger partial charge in [-0.1, -0.05) is 69.7 Å². The van der Waals surface area contributed by atoms with E-state index in [4.69, 9.17) is 5.73 Å². The molecular weight excluding hydrogens is 440 g/mol. The van der Waals surface area contributed by atoms with Gasteiger partial charge < -0.3 is 5.73 Å². The van der Waals surface area contributed by atoms with E-state index < -0.39 is 5.91 Å². The first-order valence-corrected chi connectivity index (χ1v) is 9.12. The Bertz CT molecular complexity index is 1190. The largest absolute Gasteiger partial charge is 0.378 e. The zero-order valence-electron chi connectivity index (χ0n) is 14.7. The topological polar surface area (TPSA) is 137 Å². The maximum atomic E-state index is 12.7. The fourth-order valence-corrected chi connectivity index (χ4v) is 2.96. The van der Waals surface area contributed by atoms with Gasteiger partial charge in [0.05, 0.1) is 6.21 Å². The number of carbonyl (C=O) groups is 1. The second kappa shape index (κ2) is 8.02.